The predicted octanol–water partition coefficient (Wildman–Crippen LogP) is 3.14. The van der Waals surface area contributed by atoms with Crippen LogP contribution in [0.5, 0.6) is 11.5 Å². The van der Waals surface area contributed by atoms with E-state index >= 15 is 0 Å². The summed E-state index contributed by atoms with van der Waals surface area (Å²) in [6.45, 7) is 0. The number of nitrogens with zero attached hydrogens (tertiary/aromatic N) is 3. The van der Waals surface area contributed by atoms with Gasteiger partial charge in [-0.25, -0.2) is 18.4 Å². The fourth-order valence-electron chi connectivity index (χ4n) is 2.13. The Hall–Kier alpha value is -3.13. The van der Waals surface area contributed by atoms with Crippen molar-refractivity contribution >= 4 is 21.7 Å². The molecule has 0 radical (unpaired) electrons. The standard InChI is InChI=1S/C18H18N4O3S/c1-22(2)18-19-12-14(13-20-18)21-26(23,24)17-10-8-16(9-11-17)25-15-6-4-3-5-7-15/h3-13,21H,1-2H3. The summed E-state index contributed by atoms with van der Waals surface area (Å²) in [7, 11) is -0.128. The number of rotatable bonds is 6. The molecule has 0 saturated heterocycles. The van der Waals surface area contributed by atoms with Crippen molar-refractivity contribution in [2.75, 3.05) is 23.7 Å². The van der Waals surface area contributed by atoms with E-state index in [4.69, 9.17) is 4.74 Å². The van der Waals surface area contributed by atoms with Crippen molar-refractivity contribution < 1.29 is 13.2 Å². The Morgan fingerprint density at radius 1 is 0.885 bits per heavy atom. The molecule has 0 saturated carbocycles. The van der Waals surface area contributed by atoms with Crippen molar-refractivity contribution in [1.29, 1.82) is 0 Å². The normalized spacial score (nSPS) is 11.0. The zero-order valence-corrected chi connectivity index (χ0v) is 15.1. The summed E-state index contributed by atoms with van der Waals surface area (Å²) in [5, 5.41) is 0. The average molecular weight is 370 g/mol. The van der Waals surface area contributed by atoms with E-state index in [1.165, 1.54) is 24.5 Å². The van der Waals surface area contributed by atoms with Crippen LogP contribution in [0.15, 0.2) is 71.9 Å². The van der Waals surface area contributed by atoms with Gasteiger partial charge in [-0.05, 0) is 36.4 Å². The first-order valence-electron chi connectivity index (χ1n) is 7.79. The lowest BCUT2D eigenvalue weighted by Gasteiger charge is -2.11. The first kappa shape index (κ1) is 17.7. The zero-order valence-electron chi connectivity index (χ0n) is 14.3. The number of benzene rings is 2. The lowest BCUT2D eigenvalue weighted by Crippen LogP contribution is -2.15. The largest absolute Gasteiger partial charge is 0.457 e. The highest BCUT2D eigenvalue weighted by Crippen LogP contribution is 2.23. The molecule has 0 unspecified atom stereocenters. The van der Waals surface area contributed by atoms with Gasteiger partial charge in [-0.15, -0.1) is 0 Å². The number of para-hydroxylation sites is 1. The van der Waals surface area contributed by atoms with Crippen LogP contribution in [0.4, 0.5) is 11.6 Å². The first-order valence-corrected chi connectivity index (χ1v) is 9.27. The molecule has 0 aliphatic rings. The molecule has 0 fully saturated rings. The predicted molar refractivity (Wildman–Crippen MR) is 100 cm³/mol. The molecule has 1 heterocycles. The molecule has 7 nitrogen and oxygen atoms in total. The van der Waals surface area contributed by atoms with Crippen LogP contribution < -0.4 is 14.4 Å². The first-order chi connectivity index (χ1) is 12.4. The van der Waals surface area contributed by atoms with Gasteiger partial charge < -0.3 is 9.64 Å². The fourth-order valence-corrected chi connectivity index (χ4v) is 3.16. The van der Waals surface area contributed by atoms with Gasteiger partial charge in [0.05, 0.1) is 23.0 Å². The lowest BCUT2D eigenvalue weighted by molar-refractivity contribution is 0.482. The molecule has 134 valence electrons. The number of nitrogens with one attached hydrogen (secondary N) is 1. The van der Waals surface area contributed by atoms with Gasteiger partial charge in [-0.1, -0.05) is 18.2 Å². The SMILES string of the molecule is CN(C)c1ncc(NS(=O)(=O)c2ccc(Oc3ccccc3)cc2)cn1. The second kappa shape index (κ2) is 7.40. The number of sulfonamides is 1. The molecular weight excluding hydrogens is 352 g/mol. The maximum absolute atomic E-state index is 12.5. The summed E-state index contributed by atoms with van der Waals surface area (Å²) in [4.78, 5) is 10.0. The topological polar surface area (TPSA) is 84.4 Å². The van der Waals surface area contributed by atoms with Crippen LogP contribution in [-0.4, -0.2) is 32.5 Å². The third-order valence-corrected chi connectivity index (χ3v) is 4.80. The van der Waals surface area contributed by atoms with Gasteiger partial charge in [0.2, 0.25) is 5.95 Å². The van der Waals surface area contributed by atoms with E-state index in [1.807, 2.05) is 30.3 Å². The van der Waals surface area contributed by atoms with Gasteiger partial charge in [-0.3, -0.25) is 4.72 Å². The molecule has 2 aromatic carbocycles. The van der Waals surface area contributed by atoms with E-state index in [9.17, 15) is 8.42 Å². The minimum absolute atomic E-state index is 0.120. The van der Waals surface area contributed by atoms with Crippen molar-refractivity contribution in [3.05, 3.63) is 67.0 Å². The zero-order chi connectivity index (χ0) is 18.6. The number of hydrogen-bond donors (Lipinski definition) is 1. The van der Waals surface area contributed by atoms with Gasteiger partial charge >= 0.3 is 0 Å². The summed E-state index contributed by atoms with van der Waals surface area (Å²) in [6.07, 6.45) is 2.85. The molecule has 0 spiro atoms. The van der Waals surface area contributed by atoms with Crippen LogP contribution in [0.25, 0.3) is 0 Å². The minimum Gasteiger partial charge on any atom is -0.457 e. The van der Waals surface area contributed by atoms with Crippen molar-refractivity contribution in [2.24, 2.45) is 0 Å². The Labute approximate surface area is 152 Å². The van der Waals surface area contributed by atoms with Crippen molar-refractivity contribution in [3.8, 4) is 11.5 Å². The van der Waals surface area contributed by atoms with Crippen molar-refractivity contribution in [3.63, 3.8) is 0 Å². The van der Waals surface area contributed by atoms with Gasteiger partial charge in [0.1, 0.15) is 11.5 Å². The summed E-state index contributed by atoms with van der Waals surface area (Å²) in [5.74, 6) is 1.73. The number of aromatic nitrogens is 2. The van der Waals surface area contributed by atoms with Crippen molar-refractivity contribution in [2.45, 2.75) is 4.90 Å². The van der Waals surface area contributed by atoms with E-state index in [2.05, 4.69) is 14.7 Å². The maximum Gasteiger partial charge on any atom is 0.261 e. The van der Waals surface area contributed by atoms with Crippen LogP contribution in [0.3, 0.4) is 0 Å². The molecule has 1 aromatic heterocycles. The second-order valence-corrected chi connectivity index (χ2v) is 7.34. The summed E-state index contributed by atoms with van der Waals surface area (Å²) >= 11 is 0. The van der Waals surface area contributed by atoms with Crippen LogP contribution in [0.1, 0.15) is 0 Å². The Balaban J connectivity index is 1.72. The molecule has 0 amide bonds. The molecule has 26 heavy (non-hydrogen) atoms. The van der Waals surface area contributed by atoms with Gasteiger partial charge in [0.25, 0.3) is 10.0 Å². The van der Waals surface area contributed by atoms with Crippen LogP contribution in [0.2, 0.25) is 0 Å². The Morgan fingerprint density at radius 3 is 2.04 bits per heavy atom. The summed E-state index contributed by atoms with van der Waals surface area (Å²) in [5.41, 5.74) is 0.292. The van der Waals surface area contributed by atoms with E-state index < -0.39 is 10.0 Å². The Bertz CT molecular complexity index is 958. The molecular formula is C18H18N4O3S. The molecule has 0 aliphatic heterocycles. The summed E-state index contributed by atoms with van der Waals surface area (Å²) < 4.78 is 33.1. The molecule has 3 aromatic rings. The van der Waals surface area contributed by atoms with E-state index in [0.717, 1.165) is 0 Å². The van der Waals surface area contributed by atoms with Crippen LogP contribution in [0, 0.1) is 0 Å². The average Bonchev–Trinajstić information content (AvgIpc) is 2.63. The smallest absolute Gasteiger partial charge is 0.261 e. The Morgan fingerprint density at radius 2 is 1.46 bits per heavy atom. The van der Waals surface area contributed by atoms with Crippen LogP contribution in [-0.2, 0) is 10.0 Å². The number of hydrogen-bond acceptors (Lipinski definition) is 6. The van der Waals surface area contributed by atoms with Crippen molar-refractivity contribution in [1.82, 2.24) is 9.97 Å². The van der Waals surface area contributed by atoms with Gasteiger partial charge in [0.15, 0.2) is 0 Å². The van der Waals surface area contributed by atoms with E-state index in [1.54, 1.807) is 31.1 Å². The highest BCUT2D eigenvalue weighted by atomic mass is 32.2. The molecule has 0 bridgehead atoms. The maximum atomic E-state index is 12.5. The molecule has 1 N–H and O–H groups in total. The lowest BCUT2D eigenvalue weighted by atomic mass is 10.3. The quantitative estimate of drug-likeness (QED) is 0.718. The molecule has 0 atom stereocenters. The Kier molecular flexibility index (Phi) is 5.04. The van der Waals surface area contributed by atoms with E-state index in [-0.39, 0.29) is 4.90 Å². The van der Waals surface area contributed by atoms with Gasteiger partial charge in [-0.2, -0.15) is 0 Å². The second-order valence-electron chi connectivity index (χ2n) is 5.66. The third kappa shape index (κ3) is 4.28. The fraction of sp³-hybridized carbons (Fsp3) is 0.111. The monoisotopic (exact) mass is 370 g/mol. The van der Waals surface area contributed by atoms with Crippen LogP contribution >= 0.6 is 0 Å². The van der Waals surface area contributed by atoms with Gasteiger partial charge in [0, 0.05) is 14.1 Å². The summed E-state index contributed by atoms with van der Waals surface area (Å²) in [6, 6.07) is 15.4. The molecule has 0 aliphatic carbocycles. The highest BCUT2D eigenvalue weighted by Gasteiger charge is 2.15. The minimum atomic E-state index is -3.74. The number of anilines is 2. The molecule has 8 heteroatoms. The third-order valence-electron chi connectivity index (χ3n) is 3.40. The number of ether oxygens (including phenoxy) is 1. The highest BCUT2D eigenvalue weighted by molar-refractivity contribution is 7.92. The molecule has 3 rings (SSSR count). The van der Waals surface area contributed by atoms with E-state index in [0.29, 0.717) is 23.1 Å².